The summed E-state index contributed by atoms with van der Waals surface area (Å²) in [7, 11) is 0. The molecule has 57 heavy (non-hydrogen) atoms. The van der Waals surface area contributed by atoms with Crippen LogP contribution in [0.2, 0.25) is 0 Å². The van der Waals surface area contributed by atoms with Gasteiger partial charge < -0.3 is 0 Å². The molecule has 0 radical (unpaired) electrons. The van der Waals surface area contributed by atoms with Crippen LogP contribution < -0.4 is 0 Å². The first-order chi connectivity index (χ1) is 27.8. The molecule has 0 saturated carbocycles. The third kappa shape index (κ3) is 30.6. The molecule has 324 valence electrons. The number of nitrogens with zero attached hydrogens (tertiary/aromatic N) is 2. The van der Waals surface area contributed by atoms with Crippen molar-refractivity contribution < 1.29 is 20.4 Å². The molecule has 0 heterocycles. The predicted molar refractivity (Wildman–Crippen MR) is 254 cm³/mol. The summed E-state index contributed by atoms with van der Waals surface area (Å²) in [5.41, 5.74) is 5.99. The van der Waals surface area contributed by atoms with Gasteiger partial charge >= 0.3 is 0 Å². The van der Waals surface area contributed by atoms with Crippen LogP contribution in [0.4, 0.5) is 11.4 Å². The van der Waals surface area contributed by atoms with Crippen molar-refractivity contribution in [2.45, 2.75) is 233 Å². The van der Waals surface area contributed by atoms with Gasteiger partial charge in [-0.3, -0.25) is 9.98 Å². The first-order valence-electron chi connectivity index (χ1n) is 24.4. The van der Waals surface area contributed by atoms with Crippen LogP contribution in [0.25, 0.3) is 0 Å². The normalized spacial score (nSPS) is 12.1. The molecule has 0 fully saturated rings. The smallest absolute Gasteiger partial charge is 0.0665 e. The molecule has 0 aliphatic carbocycles. The number of benzene rings is 2. The second-order valence-electron chi connectivity index (χ2n) is 16.6. The summed E-state index contributed by atoms with van der Waals surface area (Å²) < 4.78 is 0. The van der Waals surface area contributed by atoms with Crippen LogP contribution in [0.1, 0.15) is 231 Å². The average Bonchev–Trinajstić information content (AvgIpc) is 3.22. The SMILES string of the molecule is CCCCCCCCCCCCC/C=C/CCCc1ccccc1N=CC(CCCC)=Nc1ccccc1CCC/C=C/CCCCCCCCCCCCC.[Pd]. The summed E-state index contributed by atoms with van der Waals surface area (Å²) in [6.45, 7) is 6.86. The molecule has 2 rings (SSSR count). The molecule has 0 N–H and O–H groups in total. The number of para-hydroxylation sites is 2. The Kier molecular flexibility index (Phi) is 37.8. The minimum absolute atomic E-state index is 0. The molecule has 0 spiro atoms. The van der Waals surface area contributed by atoms with E-state index in [1.54, 1.807) is 0 Å². The van der Waals surface area contributed by atoms with E-state index in [0.29, 0.717) is 0 Å². The van der Waals surface area contributed by atoms with E-state index in [4.69, 9.17) is 9.98 Å². The van der Waals surface area contributed by atoms with Crippen LogP contribution in [-0.2, 0) is 33.3 Å². The molecule has 2 nitrogen and oxygen atoms in total. The Morgan fingerprint density at radius 3 is 1.19 bits per heavy atom. The van der Waals surface area contributed by atoms with E-state index >= 15 is 0 Å². The summed E-state index contributed by atoms with van der Waals surface area (Å²) in [6, 6.07) is 17.5. The largest absolute Gasteiger partial charge is 0.255 e. The van der Waals surface area contributed by atoms with Crippen molar-refractivity contribution in [3.8, 4) is 0 Å². The number of allylic oxidation sites excluding steroid dienone is 4. The molecule has 0 atom stereocenters. The summed E-state index contributed by atoms with van der Waals surface area (Å²) in [6.07, 6.45) is 55.3. The molecule has 3 heteroatoms. The van der Waals surface area contributed by atoms with Gasteiger partial charge in [-0.05, 0) is 100 Å². The van der Waals surface area contributed by atoms with Gasteiger partial charge in [-0.25, -0.2) is 0 Å². The van der Waals surface area contributed by atoms with Gasteiger partial charge in [0.25, 0.3) is 0 Å². The van der Waals surface area contributed by atoms with E-state index in [1.165, 1.54) is 178 Å². The van der Waals surface area contributed by atoms with Crippen molar-refractivity contribution in [1.29, 1.82) is 0 Å². The van der Waals surface area contributed by atoms with Gasteiger partial charge in [-0.1, -0.05) is 216 Å². The zero-order valence-corrected chi connectivity index (χ0v) is 39.1. The van der Waals surface area contributed by atoms with E-state index in [0.717, 1.165) is 62.0 Å². The second kappa shape index (κ2) is 40.7. The Hall–Kier alpha value is -2.08. The van der Waals surface area contributed by atoms with Gasteiger partial charge in [0, 0.05) is 26.6 Å². The third-order valence-electron chi connectivity index (χ3n) is 11.3. The van der Waals surface area contributed by atoms with Crippen LogP contribution >= 0.6 is 0 Å². The van der Waals surface area contributed by atoms with Crippen molar-refractivity contribution in [2.75, 3.05) is 0 Å². The van der Waals surface area contributed by atoms with E-state index in [-0.39, 0.29) is 20.4 Å². The van der Waals surface area contributed by atoms with Gasteiger partial charge in [0.2, 0.25) is 0 Å². The van der Waals surface area contributed by atoms with E-state index in [9.17, 15) is 0 Å². The van der Waals surface area contributed by atoms with Gasteiger partial charge in [0.15, 0.2) is 0 Å². The number of rotatable bonds is 38. The quantitative estimate of drug-likeness (QED) is 0.0278. The fourth-order valence-electron chi connectivity index (χ4n) is 7.63. The number of aliphatic imine (C=N–C) groups is 2. The molecule has 0 saturated heterocycles. The molecule has 0 amide bonds. The maximum Gasteiger partial charge on any atom is 0.0665 e. The Bertz CT molecular complexity index is 1290. The van der Waals surface area contributed by atoms with Crippen LogP contribution in [0.15, 0.2) is 82.8 Å². The molecular weight excluding hydrogens is 783 g/mol. The topological polar surface area (TPSA) is 24.7 Å². The molecule has 0 aliphatic rings. The van der Waals surface area contributed by atoms with Crippen LogP contribution in [0, 0.1) is 0 Å². The molecule has 2 aromatic rings. The fourth-order valence-corrected chi connectivity index (χ4v) is 7.63. The zero-order chi connectivity index (χ0) is 39.8. The van der Waals surface area contributed by atoms with Crippen molar-refractivity contribution >= 4 is 23.3 Å². The Balaban J connectivity index is 0.0000162. The van der Waals surface area contributed by atoms with Gasteiger partial charge in [0.1, 0.15) is 0 Å². The maximum atomic E-state index is 5.22. The van der Waals surface area contributed by atoms with E-state index < -0.39 is 0 Å². The third-order valence-corrected chi connectivity index (χ3v) is 11.3. The predicted octanol–water partition coefficient (Wildman–Crippen LogP) is 18.5. The number of hydrogen-bond donors (Lipinski definition) is 0. The summed E-state index contributed by atoms with van der Waals surface area (Å²) in [4.78, 5) is 10.3. The number of aryl methyl sites for hydroxylation is 2. The minimum Gasteiger partial charge on any atom is -0.255 e. The molecule has 0 aromatic heterocycles. The molecule has 2 aromatic carbocycles. The monoisotopic (exact) mass is 871 g/mol. The minimum atomic E-state index is 0. The van der Waals surface area contributed by atoms with Crippen molar-refractivity contribution in [1.82, 2.24) is 0 Å². The van der Waals surface area contributed by atoms with Gasteiger partial charge in [0.05, 0.1) is 17.1 Å². The molecule has 0 unspecified atom stereocenters. The van der Waals surface area contributed by atoms with E-state index in [1.807, 2.05) is 0 Å². The average molecular weight is 872 g/mol. The molecule has 0 bridgehead atoms. The summed E-state index contributed by atoms with van der Waals surface area (Å²) in [5.74, 6) is 0. The Morgan fingerprint density at radius 1 is 0.404 bits per heavy atom. The van der Waals surface area contributed by atoms with Crippen LogP contribution in [0.5, 0.6) is 0 Å². The zero-order valence-electron chi connectivity index (χ0n) is 37.6. The van der Waals surface area contributed by atoms with Gasteiger partial charge in [-0.15, -0.1) is 0 Å². The van der Waals surface area contributed by atoms with Crippen molar-refractivity contribution in [3.63, 3.8) is 0 Å². The van der Waals surface area contributed by atoms with Crippen LogP contribution in [0.3, 0.4) is 0 Å². The van der Waals surface area contributed by atoms with Gasteiger partial charge in [-0.2, -0.15) is 0 Å². The fraction of sp³-hybridized carbons (Fsp3) is 0.667. The second-order valence-corrected chi connectivity index (χ2v) is 16.6. The Morgan fingerprint density at radius 2 is 0.754 bits per heavy atom. The summed E-state index contributed by atoms with van der Waals surface area (Å²) in [5, 5.41) is 0. The molecule has 0 aliphatic heterocycles. The van der Waals surface area contributed by atoms with Crippen molar-refractivity contribution in [3.05, 3.63) is 84.0 Å². The molecular formula is C54H88N2Pd. The maximum absolute atomic E-state index is 5.22. The van der Waals surface area contributed by atoms with E-state index in [2.05, 4.69) is 99.8 Å². The number of unbranched alkanes of at least 4 members (excludes halogenated alkanes) is 25. The number of hydrogen-bond acceptors (Lipinski definition) is 2. The van der Waals surface area contributed by atoms with Crippen LogP contribution in [-0.4, -0.2) is 11.9 Å². The first kappa shape index (κ1) is 52.9. The Labute approximate surface area is 368 Å². The standard InChI is InChI=1S/C54H88N2.Pd/c1-4-7-10-12-14-16-18-20-22-24-26-28-30-32-34-36-42-50-44-38-40-47-53(50)55-49-52(46-9-6-3)56-54-48-41-39-45-51(54)43-37-35-33-31-29-27-25-23-21-19-17-15-13-11-8-5-2;/h30-33,38-41,44-45,47-49H,4-29,34-37,42-43,46H2,1-3H3;/b32-30+,33-31+,55-49?,56-52?;. The first-order valence-corrected chi connectivity index (χ1v) is 24.4. The van der Waals surface area contributed by atoms with Crippen molar-refractivity contribution in [2.24, 2.45) is 9.98 Å². The summed E-state index contributed by atoms with van der Waals surface area (Å²) >= 11 is 0.